The molecular weight excluding hydrogens is 484 g/mol. The van der Waals surface area contributed by atoms with E-state index in [0.717, 1.165) is 12.8 Å². The van der Waals surface area contributed by atoms with E-state index in [1.807, 2.05) is 19.1 Å². The topological polar surface area (TPSA) is 130 Å². The van der Waals surface area contributed by atoms with E-state index < -0.39 is 10.0 Å². The van der Waals surface area contributed by atoms with Crippen LogP contribution in [0.4, 0.5) is 5.82 Å². The number of fused-ring (bicyclic) bond motifs is 1. The SMILES string of the molecule is CCOc1cccc(-c2nc3nc(NS(=O)(=O)CC4CC4)cnc3n2-c2c(OC)cccc2OC)n1. The van der Waals surface area contributed by atoms with Crippen molar-refractivity contribution in [2.45, 2.75) is 19.8 Å². The monoisotopic (exact) mass is 510 g/mol. The van der Waals surface area contributed by atoms with Crippen molar-refractivity contribution in [1.29, 1.82) is 0 Å². The fourth-order valence-electron chi connectivity index (χ4n) is 3.90. The molecule has 12 heteroatoms. The number of nitrogens with zero attached hydrogens (tertiary/aromatic N) is 5. The highest BCUT2D eigenvalue weighted by molar-refractivity contribution is 7.92. The Morgan fingerprint density at radius 3 is 2.42 bits per heavy atom. The van der Waals surface area contributed by atoms with Crippen molar-refractivity contribution in [3.8, 4) is 34.6 Å². The van der Waals surface area contributed by atoms with Gasteiger partial charge in [0, 0.05) is 6.07 Å². The maximum absolute atomic E-state index is 12.5. The molecule has 1 aliphatic rings. The van der Waals surface area contributed by atoms with Gasteiger partial charge in [-0.1, -0.05) is 12.1 Å². The van der Waals surface area contributed by atoms with Gasteiger partial charge in [-0.2, -0.15) is 0 Å². The van der Waals surface area contributed by atoms with Crippen LogP contribution in [0.2, 0.25) is 0 Å². The average molecular weight is 511 g/mol. The van der Waals surface area contributed by atoms with E-state index in [-0.39, 0.29) is 23.1 Å². The van der Waals surface area contributed by atoms with Gasteiger partial charge in [0.25, 0.3) is 0 Å². The average Bonchev–Trinajstić information content (AvgIpc) is 3.59. The molecule has 0 unspecified atom stereocenters. The summed E-state index contributed by atoms with van der Waals surface area (Å²) in [5, 5.41) is 0. The number of hydrogen-bond donors (Lipinski definition) is 1. The molecule has 1 aromatic carbocycles. The van der Waals surface area contributed by atoms with Crippen LogP contribution in [0.1, 0.15) is 19.8 Å². The van der Waals surface area contributed by atoms with Crippen molar-refractivity contribution in [2.75, 3.05) is 31.3 Å². The normalized spacial score (nSPS) is 13.5. The number of hydrogen-bond acceptors (Lipinski definition) is 9. The van der Waals surface area contributed by atoms with E-state index in [4.69, 9.17) is 19.2 Å². The molecule has 0 atom stereocenters. The van der Waals surface area contributed by atoms with Crippen LogP contribution in [0.3, 0.4) is 0 Å². The largest absolute Gasteiger partial charge is 0.494 e. The van der Waals surface area contributed by atoms with E-state index in [1.165, 1.54) is 6.20 Å². The van der Waals surface area contributed by atoms with Gasteiger partial charge in [0.1, 0.15) is 22.9 Å². The number of pyridine rings is 1. The Hall–Kier alpha value is -3.93. The number of anilines is 1. The molecule has 0 bridgehead atoms. The molecule has 3 heterocycles. The molecule has 11 nitrogen and oxygen atoms in total. The summed E-state index contributed by atoms with van der Waals surface area (Å²) in [6.45, 7) is 2.34. The molecule has 1 aliphatic carbocycles. The molecule has 1 N–H and O–H groups in total. The second-order valence-electron chi connectivity index (χ2n) is 8.31. The van der Waals surface area contributed by atoms with Crippen LogP contribution in [-0.4, -0.2) is 59.5 Å². The molecule has 4 aromatic rings. The Morgan fingerprint density at radius 2 is 1.75 bits per heavy atom. The van der Waals surface area contributed by atoms with Crippen molar-refractivity contribution in [3.63, 3.8) is 0 Å². The Morgan fingerprint density at radius 1 is 1.03 bits per heavy atom. The smallest absolute Gasteiger partial charge is 0.234 e. The molecule has 36 heavy (non-hydrogen) atoms. The molecule has 0 radical (unpaired) electrons. The number of sulfonamides is 1. The highest BCUT2D eigenvalue weighted by Crippen LogP contribution is 2.38. The van der Waals surface area contributed by atoms with Crippen molar-refractivity contribution in [1.82, 2.24) is 24.5 Å². The molecule has 0 aliphatic heterocycles. The van der Waals surface area contributed by atoms with Gasteiger partial charge in [0.2, 0.25) is 15.9 Å². The maximum Gasteiger partial charge on any atom is 0.234 e. The van der Waals surface area contributed by atoms with Crippen LogP contribution in [0.15, 0.2) is 42.6 Å². The van der Waals surface area contributed by atoms with Crippen LogP contribution in [0.25, 0.3) is 28.5 Å². The predicted molar refractivity (Wildman–Crippen MR) is 134 cm³/mol. The number of rotatable bonds is 10. The first-order valence-electron chi connectivity index (χ1n) is 11.5. The molecule has 188 valence electrons. The minimum absolute atomic E-state index is 0.0684. The maximum atomic E-state index is 12.5. The summed E-state index contributed by atoms with van der Waals surface area (Å²) in [4.78, 5) is 18.3. The van der Waals surface area contributed by atoms with Crippen LogP contribution < -0.4 is 18.9 Å². The highest BCUT2D eigenvalue weighted by atomic mass is 32.2. The molecular formula is C24H26N6O5S. The molecule has 5 rings (SSSR count). The van der Waals surface area contributed by atoms with Gasteiger partial charge in [-0.25, -0.2) is 28.4 Å². The van der Waals surface area contributed by atoms with E-state index in [9.17, 15) is 8.42 Å². The second-order valence-corrected chi connectivity index (χ2v) is 10.1. The van der Waals surface area contributed by atoms with Crippen LogP contribution >= 0.6 is 0 Å². The summed E-state index contributed by atoms with van der Waals surface area (Å²) in [5.41, 5.74) is 1.67. The third-order valence-electron chi connectivity index (χ3n) is 5.65. The number of methoxy groups -OCH3 is 2. The first-order valence-corrected chi connectivity index (χ1v) is 13.1. The van der Waals surface area contributed by atoms with Gasteiger partial charge < -0.3 is 14.2 Å². The lowest BCUT2D eigenvalue weighted by atomic mass is 10.2. The number of para-hydroxylation sites is 1. The van der Waals surface area contributed by atoms with Gasteiger partial charge in [-0.3, -0.25) is 9.29 Å². The second kappa shape index (κ2) is 9.61. The van der Waals surface area contributed by atoms with E-state index in [0.29, 0.717) is 46.8 Å². The van der Waals surface area contributed by atoms with Crippen molar-refractivity contribution in [3.05, 3.63) is 42.6 Å². The quantitative estimate of drug-likeness (QED) is 0.341. The summed E-state index contributed by atoms with van der Waals surface area (Å²) >= 11 is 0. The number of nitrogens with one attached hydrogen (secondary N) is 1. The van der Waals surface area contributed by atoms with Crippen molar-refractivity contribution in [2.24, 2.45) is 5.92 Å². The van der Waals surface area contributed by atoms with Gasteiger partial charge >= 0.3 is 0 Å². The van der Waals surface area contributed by atoms with Crippen molar-refractivity contribution < 1.29 is 22.6 Å². The number of ether oxygens (including phenoxy) is 3. The van der Waals surface area contributed by atoms with Gasteiger partial charge in [-0.05, 0) is 43.9 Å². The first kappa shape index (κ1) is 23.8. The first-order chi connectivity index (χ1) is 17.4. The van der Waals surface area contributed by atoms with Gasteiger partial charge in [0.05, 0.1) is 32.8 Å². The Kier molecular flexibility index (Phi) is 6.35. The zero-order valence-electron chi connectivity index (χ0n) is 20.1. The Balaban J connectivity index is 1.70. The number of imidazole rings is 1. The number of benzene rings is 1. The number of aromatic nitrogens is 5. The summed E-state index contributed by atoms with van der Waals surface area (Å²) in [6, 6.07) is 10.8. The predicted octanol–water partition coefficient (Wildman–Crippen LogP) is 3.45. The van der Waals surface area contributed by atoms with Gasteiger partial charge in [0.15, 0.2) is 22.9 Å². The van der Waals surface area contributed by atoms with E-state index >= 15 is 0 Å². The van der Waals surface area contributed by atoms with E-state index in [1.54, 1.807) is 43.1 Å². The third-order valence-corrected chi connectivity index (χ3v) is 7.08. The zero-order valence-corrected chi connectivity index (χ0v) is 20.9. The molecule has 1 saturated carbocycles. The van der Waals surface area contributed by atoms with E-state index in [2.05, 4.69) is 19.7 Å². The molecule has 0 spiro atoms. The molecule has 0 saturated heterocycles. The summed E-state index contributed by atoms with van der Waals surface area (Å²) in [5.74, 6) is 2.26. The summed E-state index contributed by atoms with van der Waals surface area (Å²) in [7, 11) is -0.419. The fraction of sp³-hybridized carbons (Fsp3) is 0.333. The van der Waals surface area contributed by atoms with Crippen LogP contribution in [-0.2, 0) is 10.0 Å². The molecule has 3 aromatic heterocycles. The molecule has 0 amide bonds. The summed E-state index contributed by atoms with van der Waals surface area (Å²) < 4.78 is 46.1. The van der Waals surface area contributed by atoms with Gasteiger partial charge in [-0.15, -0.1) is 0 Å². The Bertz CT molecular complexity index is 1490. The zero-order chi connectivity index (χ0) is 25.3. The highest BCUT2D eigenvalue weighted by Gasteiger charge is 2.29. The fourth-order valence-corrected chi connectivity index (χ4v) is 5.36. The Labute approximate surface area is 208 Å². The minimum Gasteiger partial charge on any atom is -0.494 e. The van der Waals surface area contributed by atoms with Crippen LogP contribution in [0, 0.1) is 5.92 Å². The summed E-state index contributed by atoms with van der Waals surface area (Å²) in [6.07, 6.45) is 3.22. The lowest BCUT2D eigenvalue weighted by Crippen LogP contribution is -2.18. The lowest BCUT2D eigenvalue weighted by molar-refractivity contribution is 0.327. The lowest BCUT2D eigenvalue weighted by Gasteiger charge is -2.16. The molecule has 1 fully saturated rings. The third kappa shape index (κ3) is 4.76. The van der Waals surface area contributed by atoms with Crippen LogP contribution in [0.5, 0.6) is 17.4 Å². The van der Waals surface area contributed by atoms with Crippen molar-refractivity contribution >= 4 is 27.1 Å². The standard InChI is InChI=1S/C24H26N6O5S/c1-4-35-20-10-5-7-16(26-20)23-28-22-24(30(23)21-17(33-2)8-6-9-18(21)34-3)25-13-19(27-22)29-36(31,32)14-15-11-12-15/h5-10,13,15H,4,11-12,14H2,1-3H3,(H,27,29). The minimum atomic E-state index is -3.54.